The maximum atomic E-state index is 9.36. The van der Waals surface area contributed by atoms with Gasteiger partial charge in [-0.3, -0.25) is 0 Å². The Hall–Kier alpha value is -3.31. The summed E-state index contributed by atoms with van der Waals surface area (Å²) >= 11 is 6.37. The van der Waals surface area contributed by atoms with E-state index in [4.69, 9.17) is 20.9 Å². The zero-order chi connectivity index (χ0) is 17.9. The molecule has 6 heteroatoms. The molecular weight excluding hydrogens is 352 g/mol. The van der Waals surface area contributed by atoms with E-state index in [9.17, 15) is 5.11 Å². The highest BCUT2D eigenvalue weighted by Gasteiger charge is 2.14. The maximum Gasteiger partial charge on any atom is 0.258 e. The molecule has 5 nitrogen and oxygen atoms in total. The molecule has 0 aliphatic heterocycles. The van der Waals surface area contributed by atoms with Crippen LogP contribution in [0.2, 0.25) is 5.02 Å². The Bertz CT molecular complexity index is 1030. The van der Waals surface area contributed by atoms with Gasteiger partial charge < -0.3 is 14.4 Å². The number of phenolic OH excluding ortho intramolecular Hbond substituents is 1. The molecule has 0 saturated heterocycles. The number of ether oxygens (including phenoxy) is 1. The summed E-state index contributed by atoms with van der Waals surface area (Å²) in [5, 5.41) is 13.8. The predicted molar refractivity (Wildman–Crippen MR) is 98.4 cm³/mol. The minimum atomic E-state index is 0.172. The average Bonchev–Trinajstić information content (AvgIpc) is 3.13. The van der Waals surface area contributed by atoms with Crippen LogP contribution in [0.15, 0.2) is 77.3 Å². The number of benzene rings is 3. The van der Waals surface area contributed by atoms with E-state index in [2.05, 4.69) is 10.1 Å². The number of halogens is 1. The highest BCUT2D eigenvalue weighted by atomic mass is 35.5. The zero-order valence-electron chi connectivity index (χ0n) is 13.5. The van der Waals surface area contributed by atoms with Crippen LogP contribution in [-0.4, -0.2) is 15.2 Å². The molecule has 0 unspecified atom stereocenters. The second-order valence-corrected chi connectivity index (χ2v) is 5.93. The Kier molecular flexibility index (Phi) is 4.29. The number of para-hydroxylation sites is 1. The quantitative estimate of drug-likeness (QED) is 0.513. The van der Waals surface area contributed by atoms with Gasteiger partial charge in [-0.05, 0) is 48.5 Å². The molecule has 0 aliphatic rings. The van der Waals surface area contributed by atoms with Crippen molar-refractivity contribution in [2.75, 3.05) is 0 Å². The van der Waals surface area contributed by atoms with Gasteiger partial charge in [0, 0.05) is 17.2 Å². The molecule has 0 atom stereocenters. The summed E-state index contributed by atoms with van der Waals surface area (Å²) in [5.41, 5.74) is 1.35. The predicted octanol–water partition coefficient (Wildman–Crippen LogP) is 5.55. The molecule has 0 radical (unpaired) electrons. The fourth-order valence-electron chi connectivity index (χ4n) is 2.42. The van der Waals surface area contributed by atoms with E-state index in [0.717, 1.165) is 5.75 Å². The number of hydrogen-bond acceptors (Lipinski definition) is 5. The summed E-state index contributed by atoms with van der Waals surface area (Å²) in [6.07, 6.45) is 0. The molecule has 1 N–H and O–H groups in total. The number of rotatable bonds is 4. The van der Waals surface area contributed by atoms with E-state index in [1.807, 2.05) is 30.3 Å². The largest absolute Gasteiger partial charge is 0.508 e. The van der Waals surface area contributed by atoms with Crippen LogP contribution in [0.4, 0.5) is 0 Å². The molecule has 0 saturated carbocycles. The molecule has 1 aromatic heterocycles. The molecule has 0 fully saturated rings. The van der Waals surface area contributed by atoms with Gasteiger partial charge in [-0.25, -0.2) is 0 Å². The van der Waals surface area contributed by atoms with Crippen LogP contribution in [-0.2, 0) is 0 Å². The first-order valence-electron chi connectivity index (χ1n) is 7.85. The third kappa shape index (κ3) is 3.38. The fraction of sp³-hybridized carbons (Fsp3) is 0. The highest BCUT2D eigenvalue weighted by molar-refractivity contribution is 6.33. The van der Waals surface area contributed by atoms with E-state index in [-0.39, 0.29) is 5.75 Å². The van der Waals surface area contributed by atoms with Gasteiger partial charge >= 0.3 is 0 Å². The third-order valence-corrected chi connectivity index (χ3v) is 4.01. The van der Waals surface area contributed by atoms with Gasteiger partial charge in [-0.1, -0.05) is 35.0 Å². The Morgan fingerprint density at radius 2 is 1.65 bits per heavy atom. The van der Waals surface area contributed by atoms with Crippen molar-refractivity contribution in [3.8, 4) is 40.1 Å². The molecule has 0 aliphatic carbocycles. The minimum Gasteiger partial charge on any atom is -0.508 e. The van der Waals surface area contributed by atoms with Gasteiger partial charge in [0.25, 0.3) is 5.89 Å². The summed E-state index contributed by atoms with van der Waals surface area (Å²) in [7, 11) is 0. The lowest BCUT2D eigenvalue weighted by Gasteiger charge is -2.07. The molecule has 0 spiro atoms. The van der Waals surface area contributed by atoms with Crippen molar-refractivity contribution < 1.29 is 14.4 Å². The molecule has 128 valence electrons. The fourth-order valence-corrected chi connectivity index (χ4v) is 2.67. The molecule has 26 heavy (non-hydrogen) atoms. The Morgan fingerprint density at radius 1 is 0.885 bits per heavy atom. The normalized spacial score (nSPS) is 10.7. The lowest BCUT2D eigenvalue weighted by molar-refractivity contribution is 0.432. The van der Waals surface area contributed by atoms with Gasteiger partial charge in [-0.15, -0.1) is 0 Å². The monoisotopic (exact) mass is 364 g/mol. The van der Waals surface area contributed by atoms with Crippen LogP contribution in [0.5, 0.6) is 17.2 Å². The standard InChI is InChI=1S/C20H13ClN2O3/c21-18-12-16(25-15-4-2-1-3-5-15)10-11-17(18)19-22-20(26-23-19)13-6-8-14(24)9-7-13/h1-12,24H. The van der Waals surface area contributed by atoms with E-state index in [1.54, 1.807) is 42.5 Å². The third-order valence-electron chi connectivity index (χ3n) is 3.70. The second-order valence-electron chi connectivity index (χ2n) is 5.53. The van der Waals surface area contributed by atoms with Crippen molar-refractivity contribution in [3.63, 3.8) is 0 Å². The summed E-state index contributed by atoms with van der Waals surface area (Å²) in [6.45, 7) is 0. The first-order chi connectivity index (χ1) is 12.7. The molecule has 3 aromatic carbocycles. The molecule has 0 bridgehead atoms. The topological polar surface area (TPSA) is 68.4 Å². The van der Waals surface area contributed by atoms with Gasteiger partial charge in [0.1, 0.15) is 17.2 Å². The van der Waals surface area contributed by atoms with Crippen LogP contribution < -0.4 is 4.74 Å². The van der Waals surface area contributed by atoms with Crippen molar-refractivity contribution >= 4 is 11.6 Å². The molecular formula is C20H13ClN2O3. The van der Waals surface area contributed by atoms with Gasteiger partial charge in [0.05, 0.1) is 5.02 Å². The number of aromatic hydroxyl groups is 1. The van der Waals surface area contributed by atoms with Gasteiger partial charge in [0.2, 0.25) is 5.82 Å². The molecule has 4 aromatic rings. The van der Waals surface area contributed by atoms with Gasteiger partial charge in [0.15, 0.2) is 0 Å². The van der Waals surface area contributed by atoms with Crippen molar-refractivity contribution in [1.82, 2.24) is 10.1 Å². The number of aromatic nitrogens is 2. The minimum absolute atomic E-state index is 0.172. The summed E-state index contributed by atoms with van der Waals surface area (Å²) in [6, 6.07) is 21.3. The Balaban J connectivity index is 1.59. The van der Waals surface area contributed by atoms with Crippen molar-refractivity contribution in [3.05, 3.63) is 77.8 Å². The van der Waals surface area contributed by atoms with Crippen LogP contribution in [0.1, 0.15) is 0 Å². The summed E-state index contributed by atoms with van der Waals surface area (Å²) in [4.78, 5) is 4.37. The van der Waals surface area contributed by atoms with Crippen LogP contribution >= 0.6 is 11.6 Å². The van der Waals surface area contributed by atoms with Crippen molar-refractivity contribution in [1.29, 1.82) is 0 Å². The maximum absolute atomic E-state index is 9.36. The van der Waals surface area contributed by atoms with Crippen molar-refractivity contribution in [2.24, 2.45) is 0 Å². The van der Waals surface area contributed by atoms with Crippen molar-refractivity contribution in [2.45, 2.75) is 0 Å². The first kappa shape index (κ1) is 16.2. The Labute approximate surface area is 154 Å². The lowest BCUT2D eigenvalue weighted by Crippen LogP contribution is -1.87. The van der Waals surface area contributed by atoms with E-state index < -0.39 is 0 Å². The van der Waals surface area contributed by atoms with Crippen LogP contribution in [0, 0.1) is 0 Å². The van der Waals surface area contributed by atoms with Gasteiger partial charge in [-0.2, -0.15) is 4.98 Å². The smallest absolute Gasteiger partial charge is 0.258 e. The first-order valence-corrected chi connectivity index (χ1v) is 8.23. The summed E-state index contributed by atoms with van der Waals surface area (Å²) in [5.74, 6) is 2.24. The molecule has 4 rings (SSSR count). The number of nitrogens with zero attached hydrogens (tertiary/aromatic N) is 2. The van der Waals surface area contributed by atoms with E-state index in [1.165, 1.54) is 0 Å². The molecule has 0 amide bonds. The zero-order valence-corrected chi connectivity index (χ0v) is 14.2. The van der Waals surface area contributed by atoms with E-state index >= 15 is 0 Å². The number of phenols is 1. The molecule has 1 heterocycles. The SMILES string of the molecule is Oc1ccc(-c2nc(-c3ccc(Oc4ccccc4)cc3Cl)no2)cc1. The highest BCUT2D eigenvalue weighted by Crippen LogP contribution is 2.32. The van der Waals surface area contributed by atoms with Crippen LogP contribution in [0.25, 0.3) is 22.8 Å². The average molecular weight is 365 g/mol. The number of hydrogen-bond donors (Lipinski definition) is 1. The second kappa shape index (κ2) is 6.90. The van der Waals surface area contributed by atoms with E-state index in [0.29, 0.717) is 33.6 Å². The summed E-state index contributed by atoms with van der Waals surface area (Å²) < 4.78 is 11.1. The Morgan fingerprint density at radius 3 is 2.38 bits per heavy atom. The lowest BCUT2D eigenvalue weighted by atomic mass is 10.2. The van der Waals surface area contributed by atoms with Crippen LogP contribution in [0.3, 0.4) is 0 Å².